The van der Waals surface area contributed by atoms with Crippen LogP contribution in [0.25, 0.3) is 0 Å². The summed E-state index contributed by atoms with van der Waals surface area (Å²) in [5, 5.41) is 0. The lowest BCUT2D eigenvalue weighted by molar-refractivity contribution is 0.0590. The molecule has 0 fully saturated rings. The topological polar surface area (TPSA) is 111 Å². The third-order valence-electron chi connectivity index (χ3n) is 2.09. The van der Waals surface area contributed by atoms with Crippen molar-refractivity contribution in [1.82, 2.24) is 15.0 Å². The fourth-order valence-electron chi connectivity index (χ4n) is 1.25. The molecular formula is C9H6Br2N4O4S2. The van der Waals surface area contributed by atoms with Gasteiger partial charge in [0, 0.05) is 0 Å². The van der Waals surface area contributed by atoms with Gasteiger partial charge in [0.15, 0.2) is 20.3 Å². The number of sulfonamides is 1. The predicted octanol–water partition coefficient (Wildman–Crippen LogP) is 2.05. The second-order valence-electron chi connectivity index (χ2n) is 3.42. The van der Waals surface area contributed by atoms with Crippen molar-refractivity contribution in [2.75, 3.05) is 11.8 Å². The fourth-order valence-corrected chi connectivity index (χ4v) is 4.44. The average molecular weight is 458 g/mol. The number of hydrogen-bond acceptors (Lipinski definition) is 8. The summed E-state index contributed by atoms with van der Waals surface area (Å²) in [4.78, 5) is 23.0. The van der Waals surface area contributed by atoms with Gasteiger partial charge in [-0.25, -0.2) is 28.2 Å². The second kappa shape index (κ2) is 6.34. The average Bonchev–Trinajstić information content (AvgIpc) is 2.91. The van der Waals surface area contributed by atoms with Crippen LogP contribution in [0.1, 0.15) is 10.5 Å². The fraction of sp³-hybridized carbons (Fsp3) is 0.111. The van der Waals surface area contributed by atoms with Crippen molar-refractivity contribution in [1.29, 1.82) is 0 Å². The SMILES string of the molecule is COC(=O)c1ncsc1S(=O)(=O)Nc1ncc(Br)nc1Br. The molecule has 0 spiro atoms. The number of ether oxygens (including phenoxy) is 1. The molecule has 0 saturated carbocycles. The van der Waals surface area contributed by atoms with Crippen LogP contribution in [-0.4, -0.2) is 36.4 Å². The molecule has 0 atom stereocenters. The summed E-state index contributed by atoms with van der Waals surface area (Å²) in [5.74, 6) is -0.847. The van der Waals surface area contributed by atoms with Gasteiger partial charge in [0.25, 0.3) is 10.0 Å². The largest absolute Gasteiger partial charge is 0.464 e. The number of nitrogens with zero attached hydrogens (tertiary/aromatic N) is 3. The van der Waals surface area contributed by atoms with E-state index in [0.29, 0.717) is 4.60 Å². The van der Waals surface area contributed by atoms with E-state index >= 15 is 0 Å². The van der Waals surface area contributed by atoms with E-state index in [1.54, 1.807) is 0 Å². The number of methoxy groups -OCH3 is 1. The molecule has 112 valence electrons. The molecule has 0 aliphatic heterocycles. The summed E-state index contributed by atoms with van der Waals surface area (Å²) in [5.41, 5.74) is 0.958. The van der Waals surface area contributed by atoms with Gasteiger partial charge in [-0.1, -0.05) is 0 Å². The maximum Gasteiger partial charge on any atom is 0.358 e. The second-order valence-corrected chi connectivity index (χ2v) is 7.71. The molecule has 8 nitrogen and oxygen atoms in total. The van der Waals surface area contributed by atoms with Gasteiger partial charge in [0.1, 0.15) is 4.60 Å². The third-order valence-corrected chi connectivity index (χ3v) is 5.73. The molecule has 2 heterocycles. The lowest BCUT2D eigenvalue weighted by Gasteiger charge is -2.07. The van der Waals surface area contributed by atoms with Crippen LogP contribution in [0.4, 0.5) is 5.82 Å². The van der Waals surface area contributed by atoms with Crippen molar-refractivity contribution in [2.45, 2.75) is 4.21 Å². The van der Waals surface area contributed by atoms with E-state index < -0.39 is 16.0 Å². The summed E-state index contributed by atoms with van der Waals surface area (Å²) >= 11 is 6.99. The van der Waals surface area contributed by atoms with E-state index in [1.165, 1.54) is 11.7 Å². The van der Waals surface area contributed by atoms with Crippen LogP contribution >= 0.6 is 43.2 Å². The number of rotatable bonds is 4. The van der Waals surface area contributed by atoms with Crippen LogP contribution < -0.4 is 4.72 Å². The Morgan fingerprint density at radius 2 is 2.10 bits per heavy atom. The van der Waals surface area contributed by atoms with Crippen LogP contribution in [0.3, 0.4) is 0 Å². The zero-order valence-electron chi connectivity index (χ0n) is 10.2. The van der Waals surface area contributed by atoms with Crippen LogP contribution in [0.2, 0.25) is 0 Å². The van der Waals surface area contributed by atoms with Gasteiger partial charge in [0.2, 0.25) is 0 Å². The Labute approximate surface area is 140 Å². The number of carbonyl (C=O) groups is 1. The molecule has 0 unspecified atom stereocenters. The van der Waals surface area contributed by atoms with Crippen molar-refractivity contribution >= 4 is 65.0 Å². The zero-order chi connectivity index (χ0) is 15.6. The van der Waals surface area contributed by atoms with Gasteiger partial charge in [0.05, 0.1) is 18.8 Å². The minimum Gasteiger partial charge on any atom is -0.464 e. The smallest absolute Gasteiger partial charge is 0.358 e. The molecule has 0 aliphatic rings. The molecule has 2 rings (SSSR count). The molecule has 21 heavy (non-hydrogen) atoms. The Kier molecular flexibility index (Phi) is 4.91. The van der Waals surface area contributed by atoms with Gasteiger partial charge in [-0.05, 0) is 31.9 Å². The van der Waals surface area contributed by atoms with Crippen molar-refractivity contribution < 1.29 is 17.9 Å². The van der Waals surface area contributed by atoms with Gasteiger partial charge in [-0.15, -0.1) is 11.3 Å². The number of carbonyl (C=O) groups excluding carboxylic acids is 1. The first-order valence-corrected chi connectivity index (χ1v) is 9.02. The van der Waals surface area contributed by atoms with Crippen molar-refractivity contribution in [3.63, 3.8) is 0 Å². The zero-order valence-corrected chi connectivity index (χ0v) is 15.0. The quantitative estimate of drug-likeness (QED) is 0.699. The van der Waals surface area contributed by atoms with Crippen molar-refractivity contribution in [3.8, 4) is 0 Å². The van der Waals surface area contributed by atoms with Gasteiger partial charge >= 0.3 is 5.97 Å². The molecule has 1 N–H and O–H groups in total. The molecule has 0 radical (unpaired) electrons. The minimum absolute atomic E-state index is 0.0117. The van der Waals surface area contributed by atoms with Gasteiger partial charge < -0.3 is 4.74 Å². The van der Waals surface area contributed by atoms with E-state index in [0.717, 1.165) is 18.4 Å². The van der Waals surface area contributed by atoms with E-state index in [1.807, 2.05) is 0 Å². The molecule has 2 aromatic heterocycles. The number of anilines is 1. The molecule has 12 heteroatoms. The molecule has 0 amide bonds. The highest BCUT2D eigenvalue weighted by Crippen LogP contribution is 2.26. The van der Waals surface area contributed by atoms with Crippen LogP contribution in [-0.2, 0) is 14.8 Å². The first-order valence-electron chi connectivity index (χ1n) is 5.08. The highest BCUT2D eigenvalue weighted by molar-refractivity contribution is 9.11. The summed E-state index contributed by atoms with van der Waals surface area (Å²) in [7, 11) is -2.89. The van der Waals surface area contributed by atoms with E-state index in [4.69, 9.17) is 0 Å². The lowest BCUT2D eigenvalue weighted by Crippen LogP contribution is -2.17. The summed E-state index contributed by atoms with van der Waals surface area (Å²) < 4.78 is 31.7. The van der Waals surface area contributed by atoms with Crippen LogP contribution in [0.5, 0.6) is 0 Å². The van der Waals surface area contributed by atoms with E-state index in [2.05, 4.69) is 56.3 Å². The summed E-state index contributed by atoms with van der Waals surface area (Å²) in [6, 6.07) is 0. The first-order chi connectivity index (χ1) is 9.85. The predicted molar refractivity (Wildman–Crippen MR) is 81.7 cm³/mol. The summed E-state index contributed by atoms with van der Waals surface area (Å²) in [6.07, 6.45) is 1.33. The Hall–Kier alpha value is -1.11. The van der Waals surface area contributed by atoms with Gasteiger partial charge in [-0.2, -0.15) is 0 Å². The Morgan fingerprint density at radius 1 is 1.38 bits per heavy atom. The van der Waals surface area contributed by atoms with Crippen LogP contribution in [0, 0.1) is 0 Å². The third kappa shape index (κ3) is 3.56. The maximum absolute atomic E-state index is 12.3. The molecule has 0 bridgehead atoms. The molecule has 0 saturated heterocycles. The summed E-state index contributed by atoms with van der Waals surface area (Å²) in [6.45, 7) is 0. The Balaban J connectivity index is 2.39. The van der Waals surface area contributed by atoms with Crippen molar-refractivity contribution in [3.05, 3.63) is 26.6 Å². The lowest BCUT2D eigenvalue weighted by atomic mass is 10.5. The first kappa shape index (κ1) is 16.3. The minimum atomic E-state index is -4.03. The number of esters is 1. The van der Waals surface area contributed by atoms with Crippen molar-refractivity contribution in [2.24, 2.45) is 0 Å². The highest BCUT2D eigenvalue weighted by Gasteiger charge is 2.27. The molecule has 2 aromatic rings. The number of hydrogen-bond donors (Lipinski definition) is 1. The van der Waals surface area contributed by atoms with E-state index in [-0.39, 0.29) is 20.3 Å². The molecular weight excluding hydrogens is 452 g/mol. The standard InChI is InChI=1S/C9H6Br2N4O4S2/c1-19-8(16)5-9(20-3-13-5)21(17,18)15-7-6(11)14-4(10)2-12-7/h2-3H,1H3,(H,12,15). The number of thiazole rings is 1. The molecule has 0 aliphatic carbocycles. The number of halogens is 2. The highest BCUT2D eigenvalue weighted by atomic mass is 79.9. The number of nitrogens with one attached hydrogen (secondary N) is 1. The number of aromatic nitrogens is 3. The maximum atomic E-state index is 12.3. The Bertz CT molecular complexity index is 793. The normalized spacial score (nSPS) is 11.2. The monoisotopic (exact) mass is 456 g/mol. The van der Waals surface area contributed by atoms with E-state index in [9.17, 15) is 13.2 Å². The van der Waals surface area contributed by atoms with Crippen LogP contribution in [0.15, 0.2) is 25.1 Å². The molecule has 0 aromatic carbocycles. The Morgan fingerprint density at radius 3 is 2.71 bits per heavy atom. The van der Waals surface area contributed by atoms with Gasteiger partial charge in [-0.3, -0.25) is 4.72 Å².